The summed E-state index contributed by atoms with van der Waals surface area (Å²) in [5.41, 5.74) is -0.924. The van der Waals surface area contributed by atoms with Crippen LogP contribution >= 0.6 is 0 Å². The number of ether oxygens (including phenoxy) is 1. The van der Waals surface area contributed by atoms with Gasteiger partial charge in [-0.05, 0) is 29.7 Å². The summed E-state index contributed by atoms with van der Waals surface area (Å²) < 4.78 is 44.2. The van der Waals surface area contributed by atoms with Crippen LogP contribution in [0, 0.1) is 10.1 Å². The van der Waals surface area contributed by atoms with E-state index in [-0.39, 0.29) is 12.0 Å². The number of alkyl halides is 3. The molecular formula is C15H12F3NO3. The zero-order valence-electron chi connectivity index (χ0n) is 11.6. The molecule has 2 rings (SSSR count). The van der Waals surface area contributed by atoms with Crippen molar-refractivity contribution in [3.8, 4) is 5.75 Å². The minimum absolute atomic E-state index is 0.0109. The van der Waals surface area contributed by atoms with Crippen molar-refractivity contribution in [2.75, 3.05) is 7.11 Å². The van der Waals surface area contributed by atoms with Crippen LogP contribution in [0.15, 0.2) is 42.5 Å². The third-order valence-electron chi connectivity index (χ3n) is 3.16. The largest absolute Gasteiger partial charge is 0.497 e. The molecule has 0 aromatic heterocycles. The lowest BCUT2D eigenvalue weighted by Gasteiger charge is -2.13. The summed E-state index contributed by atoms with van der Waals surface area (Å²) in [6.07, 6.45) is -4.62. The molecular weight excluding hydrogens is 299 g/mol. The molecule has 116 valence electrons. The first-order valence-electron chi connectivity index (χ1n) is 6.28. The zero-order valence-corrected chi connectivity index (χ0v) is 11.6. The molecule has 0 heterocycles. The first kappa shape index (κ1) is 15.8. The minimum atomic E-state index is -4.65. The second-order valence-electron chi connectivity index (χ2n) is 4.62. The molecule has 0 atom stereocenters. The van der Waals surface area contributed by atoms with Gasteiger partial charge in [-0.15, -0.1) is 0 Å². The second-order valence-corrected chi connectivity index (χ2v) is 4.62. The average molecular weight is 311 g/mol. The van der Waals surface area contributed by atoms with E-state index in [1.54, 1.807) is 24.3 Å². The van der Waals surface area contributed by atoms with E-state index in [4.69, 9.17) is 4.74 Å². The molecule has 0 saturated heterocycles. The molecule has 0 unspecified atom stereocenters. The van der Waals surface area contributed by atoms with Crippen LogP contribution in [0.1, 0.15) is 16.7 Å². The first-order chi connectivity index (χ1) is 10.3. The highest BCUT2D eigenvalue weighted by atomic mass is 19.4. The van der Waals surface area contributed by atoms with E-state index in [9.17, 15) is 23.3 Å². The quantitative estimate of drug-likeness (QED) is 0.627. The summed E-state index contributed by atoms with van der Waals surface area (Å²) in [5, 5.41) is 10.6. The topological polar surface area (TPSA) is 52.4 Å². The highest BCUT2D eigenvalue weighted by Crippen LogP contribution is 2.35. The summed E-state index contributed by atoms with van der Waals surface area (Å²) in [7, 11) is 1.49. The van der Waals surface area contributed by atoms with Gasteiger partial charge in [-0.25, -0.2) is 0 Å². The number of hydrogen-bond acceptors (Lipinski definition) is 3. The Kier molecular flexibility index (Phi) is 4.35. The van der Waals surface area contributed by atoms with Gasteiger partial charge in [0.2, 0.25) is 0 Å². The van der Waals surface area contributed by atoms with Crippen molar-refractivity contribution in [3.63, 3.8) is 0 Å². The number of benzene rings is 2. The van der Waals surface area contributed by atoms with Crippen molar-refractivity contribution >= 4 is 5.69 Å². The van der Waals surface area contributed by atoms with Gasteiger partial charge in [0.25, 0.3) is 5.69 Å². The van der Waals surface area contributed by atoms with Crippen LogP contribution in [0.2, 0.25) is 0 Å². The highest BCUT2D eigenvalue weighted by molar-refractivity contribution is 5.44. The van der Waals surface area contributed by atoms with Crippen LogP contribution in [0.25, 0.3) is 0 Å². The number of halogens is 3. The van der Waals surface area contributed by atoms with E-state index in [1.165, 1.54) is 7.11 Å². The molecule has 0 N–H and O–H groups in total. The van der Waals surface area contributed by atoms with E-state index < -0.39 is 22.4 Å². The Balaban J connectivity index is 2.38. The summed E-state index contributed by atoms with van der Waals surface area (Å²) in [4.78, 5) is 9.80. The maximum atomic E-state index is 13.1. The zero-order chi connectivity index (χ0) is 16.3. The van der Waals surface area contributed by atoms with E-state index in [2.05, 4.69) is 0 Å². The third-order valence-corrected chi connectivity index (χ3v) is 3.16. The van der Waals surface area contributed by atoms with E-state index in [0.717, 1.165) is 12.1 Å². The Labute approximate surface area is 124 Å². The van der Waals surface area contributed by atoms with Crippen molar-refractivity contribution in [3.05, 3.63) is 69.3 Å². The van der Waals surface area contributed by atoms with Crippen LogP contribution < -0.4 is 4.74 Å². The van der Waals surface area contributed by atoms with Crippen molar-refractivity contribution in [1.29, 1.82) is 0 Å². The maximum absolute atomic E-state index is 13.1. The Morgan fingerprint density at radius 1 is 1.14 bits per heavy atom. The fourth-order valence-corrected chi connectivity index (χ4v) is 2.06. The van der Waals surface area contributed by atoms with Crippen LogP contribution in [-0.2, 0) is 12.6 Å². The van der Waals surface area contributed by atoms with Crippen molar-refractivity contribution < 1.29 is 22.8 Å². The molecule has 2 aromatic carbocycles. The molecule has 0 spiro atoms. The Bertz CT molecular complexity index is 681. The smallest absolute Gasteiger partial charge is 0.416 e. The SMILES string of the molecule is COc1ccc(Cc2ccc([N+](=O)[O-])cc2C(F)(F)F)cc1. The fraction of sp³-hybridized carbons (Fsp3) is 0.200. The number of rotatable bonds is 4. The van der Waals surface area contributed by atoms with Crippen molar-refractivity contribution in [2.24, 2.45) is 0 Å². The summed E-state index contributed by atoms with van der Waals surface area (Å²) in [5.74, 6) is 0.600. The van der Waals surface area contributed by atoms with Gasteiger partial charge in [0, 0.05) is 12.1 Å². The molecule has 0 fully saturated rings. The average Bonchev–Trinajstić information content (AvgIpc) is 2.47. The summed E-state index contributed by atoms with van der Waals surface area (Å²) in [6, 6.07) is 9.39. The van der Waals surface area contributed by atoms with Gasteiger partial charge < -0.3 is 4.74 Å². The number of methoxy groups -OCH3 is 1. The summed E-state index contributed by atoms with van der Waals surface area (Å²) in [6.45, 7) is 0. The Morgan fingerprint density at radius 2 is 1.77 bits per heavy atom. The van der Waals surface area contributed by atoms with Gasteiger partial charge in [-0.3, -0.25) is 10.1 Å². The molecule has 0 radical (unpaired) electrons. The lowest BCUT2D eigenvalue weighted by molar-refractivity contribution is -0.385. The number of nitro groups is 1. The molecule has 0 bridgehead atoms. The number of nitro benzene ring substituents is 1. The van der Waals surface area contributed by atoms with E-state index in [0.29, 0.717) is 17.4 Å². The molecule has 0 amide bonds. The lowest BCUT2D eigenvalue weighted by atomic mass is 9.98. The van der Waals surface area contributed by atoms with Crippen molar-refractivity contribution in [2.45, 2.75) is 12.6 Å². The molecule has 22 heavy (non-hydrogen) atoms. The first-order valence-corrected chi connectivity index (χ1v) is 6.28. The molecule has 2 aromatic rings. The maximum Gasteiger partial charge on any atom is 0.416 e. The van der Waals surface area contributed by atoms with Crippen molar-refractivity contribution in [1.82, 2.24) is 0 Å². The number of hydrogen-bond donors (Lipinski definition) is 0. The van der Waals surface area contributed by atoms with Crippen LogP contribution in [-0.4, -0.2) is 12.0 Å². The molecule has 0 saturated carbocycles. The fourth-order valence-electron chi connectivity index (χ4n) is 2.06. The van der Waals surface area contributed by atoms with Crippen LogP contribution in [0.4, 0.5) is 18.9 Å². The van der Waals surface area contributed by atoms with E-state index in [1.807, 2.05) is 0 Å². The Hall–Kier alpha value is -2.57. The van der Waals surface area contributed by atoms with Gasteiger partial charge in [0.05, 0.1) is 17.6 Å². The van der Waals surface area contributed by atoms with Gasteiger partial charge in [-0.2, -0.15) is 13.2 Å². The van der Waals surface area contributed by atoms with E-state index >= 15 is 0 Å². The minimum Gasteiger partial charge on any atom is -0.497 e. The Morgan fingerprint density at radius 3 is 2.27 bits per heavy atom. The predicted molar refractivity (Wildman–Crippen MR) is 73.9 cm³/mol. The van der Waals surface area contributed by atoms with Gasteiger partial charge in [0.15, 0.2) is 0 Å². The van der Waals surface area contributed by atoms with Crippen LogP contribution in [0.5, 0.6) is 5.75 Å². The predicted octanol–water partition coefficient (Wildman–Crippen LogP) is 4.21. The van der Waals surface area contributed by atoms with Crippen LogP contribution in [0.3, 0.4) is 0 Å². The number of nitrogens with zero attached hydrogens (tertiary/aromatic N) is 1. The molecule has 0 aliphatic carbocycles. The lowest BCUT2D eigenvalue weighted by Crippen LogP contribution is -2.10. The highest BCUT2D eigenvalue weighted by Gasteiger charge is 2.34. The molecule has 0 aliphatic rings. The van der Waals surface area contributed by atoms with Gasteiger partial charge >= 0.3 is 6.18 Å². The third kappa shape index (κ3) is 3.55. The monoisotopic (exact) mass is 311 g/mol. The standard InChI is InChI=1S/C15H12F3NO3/c1-22-13-6-2-10(3-7-13)8-11-4-5-12(19(20)21)9-14(11)15(16,17)18/h2-7,9H,8H2,1H3. The second kappa shape index (κ2) is 6.05. The normalized spacial score (nSPS) is 11.3. The molecule has 7 heteroatoms. The molecule has 0 aliphatic heterocycles. The summed E-state index contributed by atoms with van der Waals surface area (Å²) >= 11 is 0. The van der Waals surface area contributed by atoms with Gasteiger partial charge in [-0.1, -0.05) is 18.2 Å². The number of non-ortho nitro benzene ring substituents is 1. The molecule has 4 nitrogen and oxygen atoms in total. The van der Waals surface area contributed by atoms with Gasteiger partial charge in [0.1, 0.15) is 5.75 Å².